The van der Waals surface area contributed by atoms with E-state index in [1.807, 2.05) is 0 Å². The van der Waals surface area contributed by atoms with Crippen molar-refractivity contribution in [2.45, 2.75) is 24.0 Å². The summed E-state index contributed by atoms with van der Waals surface area (Å²) in [6.07, 6.45) is 5.42. The molecule has 1 aliphatic carbocycles. The highest BCUT2D eigenvalue weighted by atomic mass is 32.2. The second kappa shape index (κ2) is 8.45. The summed E-state index contributed by atoms with van der Waals surface area (Å²) < 4.78 is 64.7. The zero-order valence-electron chi connectivity index (χ0n) is 17.4. The molecule has 1 unspecified atom stereocenters. The van der Waals surface area contributed by atoms with Gasteiger partial charge in [0.1, 0.15) is 16.9 Å². The number of aldehydes is 1. The van der Waals surface area contributed by atoms with Crippen LogP contribution in [0.5, 0.6) is 0 Å². The fourth-order valence-corrected chi connectivity index (χ4v) is 6.01. The van der Waals surface area contributed by atoms with E-state index in [-0.39, 0.29) is 28.5 Å². The minimum Gasteiger partial charge on any atom is -0.369 e. The van der Waals surface area contributed by atoms with Crippen LogP contribution < -0.4 is 10.0 Å². The van der Waals surface area contributed by atoms with Crippen LogP contribution in [0, 0.1) is 11.7 Å². The van der Waals surface area contributed by atoms with Crippen molar-refractivity contribution in [1.29, 1.82) is 0 Å². The van der Waals surface area contributed by atoms with Crippen LogP contribution in [-0.2, 0) is 29.6 Å². The van der Waals surface area contributed by atoms with Crippen LogP contribution in [0.1, 0.15) is 24.8 Å². The van der Waals surface area contributed by atoms with Gasteiger partial charge in [-0.1, -0.05) is 24.3 Å². The van der Waals surface area contributed by atoms with E-state index < -0.39 is 30.6 Å². The summed E-state index contributed by atoms with van der Waals surface area (Å²) in [6.45, 7) is 0.774. The molecule has 1 fully saturated rings. The third-order valence-corrected chi connectivity index (χ3v) is 9.30. The molecule has 1 aliphatic heterocycles. The lowest BCUT2D eigenvalue weighted by Gasteiger charge is -2.38. The number of carbonyl (C=O) groups excluding carboxylic acids is 1. The highest BCUT2D eigenvalue weighted by molar-refractivity contribution is 7.93. The van der Waals surface area contributed by atoms with E-state index in [2.05, 4.69) is 0 Å². The molecule has 2 aliphatic rings. The largest absolute Gasteiger partial charge is 0.369 e. The number of benzene rings is 1. The van der Waals surface area contributed by atoms with Crippen molar-refractivity contribution < 1.29 is 26.0 Å². The van der Waals surface area contributed by atoms with Gasteiger partial charge in [0.15, 0.2) is 0 Å². The molecule has 1 aromatic carbocycles. The van der Waals surface area contributed by atoms with Crippen LogP contribution in [0.3, 0.4) is 0 Å². The zero-order valence-corrected chi connectivity index (χ0v) is 19.0. The number of hydrogen-bond donors (Lipinski definition) is 1. The maximum Gasteiger partial charge on any atom is 0.242 e. The summed E-state index contributed by atoms with van der Waals surface area (Å²) in [5.41, 5.74) is 0.256. The fourth-order valence-electron chi connectivity index (χ4n) is 4.01. The quantitative estimate of drug-likeness (QED) is 0.628. The predicted octanol–water partition coefficient (Wildman–Crippen LogP) is 1.46. The molecule has 2 N–H and O–H groups in total. The number of halogens is 1. The zero-order chi connectivity index (χ0) is 23.0. The Morgan fingerprint density at radius 1 is 1.19 bits per heavy atom. The van der Waals surface area contributed by atoms with Crippen LogP contribution in [0.25, 0.3) is 0 Å². The van der Waals surface area contributed by atoms with Crippen LogP contribution in [0.4, 0.5) is 10.1 Å². The number of para-hydroxylation sites is 1. The minimum absolute atomic E-state index is 0.0541. The molecule has 0 radical (unpaired) electrons. The lowest BCUT2D eigenvalue weighted by Crippen LogP contribution is -2.43. The summed E-state index contributed by atoms with van der Waals surface area (Å²) in [4.78, 5) is 12.7. The van der Waals surface area contributed by atoms with Crippen LogP contribution in [-0.4, -0.2) is 54.6 Å². The van der Waals surface area contributed by atoms with Gasteiger partial charge in [-0.25, -0.2) is 30.7 Å². The van der Waals surface area contributed by atoms with Crippen molar-refractivity contribution >= 4 is 32.0 Å². The van der Waals surface area contributed by atoms with Crippen LogP contribution in [0.2, 0.25) is 0 Å². The number of sulfonamides is 2. The number of primary sulfonamides is 1. The molecule has 1 saturated heterocycles. The summed E-state index contributed by atoms with van der Waals surface area (Å²) >= 11 is 0. The van der Waals surface area contributed by atoms with Crippen molar-refractivity contribution in [3.63, 3.8) is 0 Å². The maximum atomic E-state index is 15.0. The number of piperidine rings is 1. The first-order valence-corrected chi connectivity index (χ1v) is 12.8. The standard InChI is InChI=1S/C20H26FN3O5S2/c1-23(2)30(26,27)16-6-10-20(11-7-16,31(22,28)29)17-4-3-5-18(21)19(17)24-12-8-15(14-25)9-13-24/h3-7,10,14-15H,8-9,11-13H2,1-2H3,(H2,22,28,29). The van der Waals surface area contributed by atoms with E-state index in [0.29, 0.717) is 25.9 Å². The topological polar surface area (TPSA) is 118 Å². The van der Waals surface area contributed by atoms with Gasteiger partial charge in [-0.15, -0.1) is 0 Å². The number of anilines is 1. The Morgan fingerprint density at radius 3 is 2.32 bits per heavy atom. The molecule has 0 spiro atoms. The maximum absolute atomic E-state index is 15.0. The molecule has 31 heavy (non-hydrogen) atoms. The average molecular weight is 472 g/mol. The minimum atomic E-state index is -4.31. The fraction of sp³-hybridized carbons (Fsp3) is 0.450. The predicted molar refractivity (Wildman–Crippen MR) is 117 cm³/mol. The second-order valence-corrected chi connectivity index (χ2v) is 11.9. The van der Waals surface area contributed by atoms with Gasteiger partial charge in [0.2, 0.25) is 20.0 Å². The average Bonchev–Trinajstić information content (AvgIpc) is 2.73. The smallest absolute Gasteiger partial charge is 0.242 e. The second-order valence-electron chi connectivity index (χ2n) is 7.96. The number of nitrogens with zero attached hydrogens (tertiary/aromatic N) is 2. The Labute approximate surface area is 182 Å². The first-order valence-electron chi connectivity index (χ1n) is 9.77. The summed E-state index contributed by atoms with van der Waals surface area (Å²) in [6, 6.07) is 4.15. The molecule has 1 aromatic rings. The summed E-state index contributed by atoms with van der Waals surface area (Å²) in [7, 11) is -5.34. The molecule has 170 valence electrons. The number of carbonyl (C=O) groups is 1. The first kappa shape index (κ1) is 23.6. The third kappa shape index (κ3) is 4.19. The normalized spacial score (nSPS) is 23.1. The van der Waals surface area contributed by atoms with Gasteiger partial charge in [-0.3, -0.25) is 0 Å². The van der Waals surface area contributed by atoms with Crippen molar-refractivity contribution in [3.05, 3.63) is 52.7 Å². The van der Waals surface area contributed by atoms with Gasteiger partial charge < -0.3 is 9.69 Å². The Balaban J connectivity index is 2.12. The molecule has 0 amide bonds. The van der Waals surface area contributed by atoms with E-state index in [1.54, 1.807) is 4.90 Å². The van der Waals surface area contributed by atoms with Crippen LogP contribution in [0.15, 0.2) is 41.3 Å². The Kier molecular flexibility index (Phi) is 6.43. The van der Waals surface area contributed by atoms with E-state index in [0.717, 1.165) is 10.6 Å². The van der Waals surface area contributed by atoms with Crippen molar-refractivity contribution in [2.24, 2.45) is 11.1 Å². The third-order valence-electron chi connectivity index (χ3n) is 5.90. The van der Waals surface area contributed by atoms with Crippen molar-refractivity contribution in [1.82, 2.24) is 4.31 Å². The van der Waals surface area contributed by atoms with Crippen molar-refractivity contribution in [3.8, 4) is 0 Å². The molecule has 0 saturated carbocycles. The van der Waals surface area contributed by atoms with E-state index in [9.17, 15) is 21.6 Å². The molecule has 1 heterocycles. The molecular formula is C20H26FN3O5S2. The molecule has 11 heteroatoms. The molecule has 8 nitrogen and oxygen atoms in total. The molecular weight excluding hydrogens is 445 g/mol. The number of allylic oxidation sites excluding steroid dienone is 2. The lowest BCUT2D eigenvalue weighted by atomic mass is 9.88. The molecule has 1 atom stereocenters. The monoisotopic (exact) mass is 471 g/mol. The Bertz CT molecular complexity index is 1140. The highest BCUT2D eigenvalue weighted by Gasteiger charge is 2.45. The Morgan fingerprint density at radius 2 is 1.84 bits per heavy atom. The van der Waals surface area contributed by atoms with Crippen molar-refractivity contribution in [2.75, 3.05) is 32.1 Å². The van der Waals surface area contributed by atoms with Gasteiger partial charge in [0, 0.05) is 38.7 Å². The number of nitrogens with two attached hydrogens (primary N) is 1. The van der Waals surface area contributed by atoms with Gasteiger partial charge in [-0.2, -0.15) is 0 Å². The van der Waals surface area contributed by atoms with E-state index in [1.165, 1.54) is 50.5 Å². The summed E-state index contributed by atoms with van der Waals surface area (Å²) in [5.74, 6) is -0.718. The van der Waals surface area contributed by atoms with Gasteiger partial charge in [0.05, 0.1) is 10.6 Å². The number of rotatable bonds is 6. The molecule has 0 aromatic heterocycles. The highest BCUT2D eigenvalue weighted by Crippen LogP contribution is 2.44. The Hall–Kier alpha value is -2.08. The number of hydrogen-bond acceptors (Lipinski definition) is 6. The SMILES string of the molecule is CN(C)S(=O)(=O)C1=CCC(c2cccc(F)c2N2CCC(C=O)CC2)(S(N)(=O)=O)C=C1. The first-order chi connectivity index (χ1) is 14.4. The van der Waals surface area contributed by atoms with Gasteiger partial charge >= 0.3 is 0 Å². The van der Waals surface area contributed by atoms with Gasteiger partial charge in [-0.05, 0) is 31.4 Å². The van der Waals surface area contributed by atoms with Gasteiger partial charge in [0.25, 0.3) is 0 Å². The summed E-state index contributed by atoms with van der Waals surface area (Å²) in [5, 5.41) is 5.63. The molecule has 3 rings (SSSR count). The lowest BCUT2D eigenvalue weighted by molar-refractivity contribution is -0.111. The van der Waals surface area contributed by atoms with E-state index >= 15 is 4.39 Å². The van der Waals surface area contributed by atoms with Crippen LogP contribution >= 0.6 is 0 Å². The molecule has 0 bridgehead atoms. The van der Waals surface area contributed by atoms with E-state index in [4.69, 9.17) is 5.14 Å².